The molecule has 460 valence electrons. The van der Waals surface area contributed by atoms with Crippen molar-refractivity contribution in [2.45, 2.75) is 315 Å². The Kier molecular flexibility index (Phi) is 56.7. The van der Waals surface area contributed by atoms with Gasteiger partial charge >= 0.3 is 13.8 Å². The lowest BCUT2D eigenvalue weighted by Gasteiger charge is -2.27. The Bertz CT molecular complexity index is 1580. The maximum Gasteiger partial charge on any atom is 0.472 e. The highest BCUT2D eigenvalue weighted by molar-refractivity contribution is 7.47. The van der Waals surface area contributed by atoms with Gasteiger partial charge in [-0.1, -0.05) is 261 Å². The Morgan fingerprint density at radius 1 is 0.443 bits per heavy atom. The Morgan fingerprint density at radius 2 is 0.772 bits per heavy atom. The summed E-state index contributed by atoms with van der Waals surface area (Å²) >= 11 is 0. The fourth-order valence-electron chi connectivity index (χ4n) is 9.45. The highest BCUT2D eigenvalue weighted by Crippen LogP contribution is 2.43. The second kappa shape index (κ2) is 58.6. The van der Waals surface area contributed by atoms with Gasteiger partial charge in [0.25, 0.3) is 0 Å². The Labute approximate surface area is 489 Å². The van der Waals surface area contributed by atoms with Crippen molar-refractivity contribution < 1.29 is 37.3 Å². The highest BCUT2D eigenvalue weighted by Gasteiger charge is 2.30. The number of nitrogens with one attached hydrogen (secondary N) is 1. The van der Waals surface area contributed by atoms with E-state index < -0.39 is 20.0 Å². The number of carbonyl (C=O) groups excluding carboxylic acids is 2. The number of amides is 1. The number of hydrogen-bond acceptors (Lipinski definition) is 6. The van der Waals surface area contributed by atoms with Crippen molar-refractivity contribution in [1.82, 2.24) is 5.32 Å². The van der Waals surface area contributed by atoms with Crippen molar-refractivity contribution in [3.05, 3.63) is 72.9 Å². The number of allylic oxidation sites excluding steroid dienone is 11. The number of hydrogen-bond donors (Lipinski definition) is 2. The molecule has 0 aromatic heterocycles. The molecule has 0 aromatic carbocycles. The topological polar surface area (TPSA) is 111 Å². The van der Waals surface area contributed by atoms with Gasteiger partial charge in [-0.05, 0) is 102 Å². The smallest absolute Gasteiger partial charge is 0.456 e. The number of nitrogens with zero attached hydrogens (tertiary/aromatic N) is 1. The number of carbonyl (C=O) groups is 2. The zero-order valence-electron chi connectivity index (χ0n) is 52.6. The Hall–Kier alpha value is -2.55. The summed E-state index contributed by atoms with van der Waals surface area (Å²) < 4.78 is 30.7. The summed E-state index contributed by atoms with van der Waals surface area (Å²) in [5.74, 6) is -0.512. The number of phosphoric acid groups is 1. The van der Waals surface area contributed by atoms with Crippen LogP contribution in [0.25, 0.3) is 0 Å². The largest absolute Gasteiger partial charge is 0.472 e. The molecule has 0 saturated carbocycles. The van der Waals surface area contributed by atoms with E-state index in [1.807, 2.05) is 33.3 Å². The van der Waals surface area contributed by atoms with Gasteiger partial charge in [-0.2, -0.15) is 0 Å². The van der Waals surface area contributed by atoms with Gasteiger partial charge in [-0.25, -0.2) is 4.57 Å². The standard InChI is InChI=1S/C69H127N2O7P/c1-7-10-13-16-19-22-25-27-29-31-32-33-34-35-36-37-38-40-42-44-47-50-53-56-59-62-69(73)78-67(60-57-54-51-48-45-24-21-18-15-12-9-3)66(65-77-79(74,75)76-64-63-71(4,5)6)70-68(72)61-58-55-52-49-46-43-41-39-30-28-26-23-20-17-14-11-8-2/h19,22,27-30,32-33,35-36,57,60,66-67H,7-18,20-21,23-26,31,34,37-56,58-59,61-65H2,1-6H3,(H-,70,72,74,75)/p+1/b22-19-,29-27-,30-28+,33-32-,36-35-,60-57-. The van der Waals surface area contributed by atoms with Gasteiger partial charge in [-0.15, -0.1) is 0 Å². The molecule has 0 fully saturated rings. The van der Waals surface area contributed by atoms with Crippen molar-refractivity contribution in [3.8, 4) is 0 Å². The average Bonchev–Trinajstić information content (AvgIpc) is 3.41. The minimum atomic E-state index is -4.45. The van der Waals surface area contributed by atoms with Gasteiger partial charge in [0, 0.05) is 12.8 Å². The lowest BCUT2D eigenvalue weighted by Crippen LogP contribution is -2.47. The van der Waals surface area contributed by atoms with Crippen molar-refractivity contribution >= 4 is 19.7 Å². The summed E-state index contributed by atoms with van der Waals surface area (Å²) in [7, 11) is 1.49. The molecular formula is C69H128N2O7P+. The van der Waals surface area contributed by atoms with E-state index in [2.05, 4.69) is 86.8 Å². The van der Waals surface area contributed by atoms with Gasteiger partial charge < -0.3 is 19.4 Å². The van der Waals surface area contributed by atoms with Gasteiger partial charge in [0.1, 0.15) is 19.3 Å². The van der Waals surface area contributed by atoms with Gasteiger partial charge in [0.2, 0.25) is 5.91 Å². The summed E-state index contributed by atoms with van der Waals surface area (Å²) in [6.45, 7) is 6.99. The normalized spacial score (nSPS) is 14.1. The fraction of sp³-hybridized carbons (Fsp3) is 0.797. The Balaban J connectivity index is 5.11. The molecule has 0 saturated heterocycles. The van der Waals surface area contributed by atoms with Crippen molar-refractivity contribution in [2.24, 2.45) is 0 Å². The second-order valence-electron chi connectivity index (χ2n) is 23.6. The zero-order valence-corrected chi connectivity index (χ0v) is 53.5. The average molecular weight is 1130 g/mol. The first kappa shape index (κ1) is 76.5. The van der Waals surface area contributed by atoms with Crippen LogP contribution in [0.4, 0.5) is 0 Å². The summed E-state index contributed by atoms with van der Waals surface area (Å²) in [6, 6.07) is -0.855. The maximum atomic E-state index is 13.6. The Morgan fingerprint density at radius 3 is 1.19 bits per heavy atom. The lowest BCUT2D eigenvalue weighted by molar-refractivity contribution is -0.870. The highest BCUT2D eigenvalue weighted by atomic mass is 31.2. The number of esters is 1. The number of ether oxygens (including phenoxy) is 1. The van der Waals surface area contributed by atoms with Gasteiger partial charge in [-0.3, -0.25) is 18.6 Å². The maximum absolute atomic E-state index is 13.6. The van der Waals surface area contributed by atoms with Crippen LogP contribution < -0.4 is 5.32 Å². The van der Waals surface area contributed by atoms with E-state index in [-0.39, 0.29) is 31.5 Å². The molecule has 10 heteroatoms. The van der Waals surface area contributed by atoms with Crippen LogP contribution in [0.2, 0.25) is 0 Å². The first-order valence-electron chi connectivity index (χ1n) is 33.3. The van der Waals surface area contributed by atoms with E-state index in [1.165, 1.54) is 167 Å². The van der Waals surface area contributed by atoms with E-state index in [0.717, 1.165) is 103 Å². The summed E-state index contributed by atoms with van der Waals surface area (Å²) in [4.78, 5) is 37.8. The molecular weight excluding hydrogens is 1000 g/mol. The molecule has 0 aliphatic carbocycles. The minimum Gasteiger partial charge on any atom is -0.456 e. The molecule has 0 radical (unpaired) electrons. The molecule has 3 atom stereocenters. The summed E-state index contributed by atoms with van der Waals surface area (Å²) in [5.41, 5.74) is 0. The fourth-order valence-corrected chi connectivity index (χ4v) is 10.2. The predicted molar refractivity (Wildman–Crippen MR) is 341 cm³/mol. The van der Waals surface area contributed by atoms with E-state index in [1.54, 1.807) is 0 Å². The van der Waals surface area contributed by atoms with E-state index >= 15 is 0 Å². The molecule has 9 nitrogen and oxygen atoms in total. The number of unbranched alkanes of at least 4 members (excludes halogenated alkanes) is 34. The molecule has 0 bridgehead atoms. The second-order valence-corrected chi connectivity index (χ2v) is 25.1. The van der Waals surface area contributed by atoms with Crippen molar-refractivity contribution in [1.29, 1.82) is 0 Å². The van der Waals surface area contributed by atoms with Crippen LogP contribution in [-0.2, 0) is 27.9 Å². The molecule has 0 aromatic rings. The summed E-state index contributed by atoms with van der Waals surface area (Å²) in [6.07, 6.45) is 76.1. The monoisotopic (exact) mass is 1130 g/mol. The van der Waals surface area contributed by atoms with Crippen molar-refractivity contribution in [2.75, 3.05) is 40.9 Å². The SMILES string of the molecule is CCCCC/C=C\C/C=C\C/C=C\C/C=C\CCCCCCCCCCCC(=O)OC(/C=C\CCCCCCCCCCC)C(COP(=O)(O)OCC[N+](C)(C)C)NC(=O)CCCCCCCCC/C=C/CCCCCCCC. The number of quaternary nitrogens is 1. The van der Waals surface area contributed by atoms with Crippen LogP contribution >= 0.6 is 7.82 Å². The van der Waals surface area contributed by atoms with Crippen molar-refractivity contribution in [3.63, 3.8) is 0 Å². The van der Waals surface area contributed by atoms with Gasteiger partial charge in [0.15, 0.2) is 0 Å². The molecule has 0 spiro atoms. The third-order valence-electron chi connectivity index (χ3n) is 14.6. The van der Waals surface area contributed by atoms with Crippen LogP contribution in [0.3, 0.4) is 0 Å². The van der Waals surface area contributed by atoms with Gasteiger partial charge in [0.05, 0.1) is 33.8 Å². The third-order valence-corrected chi connectivity index (χ3v) is 15.6. The number of phosphoric ester groups is 1. The molecule has 79 heavy (non-hydrogen) atoms. The van der Waals surface area contributed by atoms with Crippen LogP contribution in [0.5, 0.6) is 0 Å². The predicted octanol–water partition coefficient (Wildman–Crippen LogP) is 20.8. The van der Waals surface area contributed by atoms with Crippen LogP contribution in [0.15, 0.2) is 72.9 Å². The van der Waals surface area contributed by atoms with Crippen LogP contribution in [0, 0.1) is 0 Å². The van der Waals surface area contributed by atoms with Crippen LogP contribution in [-0.4, -0.2) is 74.3 Å². The zero-order chi connectivity index (χ0) is 57.9. The number of likely N-dealkylation sites (N-methyl/N-ethyl adjacent to an activating group) is 1. The van der Waals surface area contributed by atoms with E-state index in [4.69, 9.17) is 13.8 Å². The molecule has 1 amide bonds. The first-order chi connectivity index (χ1) is 38.4. The first-order valence-corrected chi connectivity index (χ1v) is 34.8. The molecule has 0 aliphatic rings. The molecule has 0 aliphatic heterocycles. The molecule has 3 unspecified atom stereocenters. The van der Waals surface area contributed by atoms with E-state index in [9.17, 15) is 19.0 Å². The lowest BCUT2D eigenvalue weighted by atomic mass is 10.0. The van der Waals surface area contributed by atoms with E-state index in [0.29, 0.717) is 17.4 Å². The summed E-state index contributed by atoms with van der Waals surface area (Å²) in [5, 5.41) is 3.06. The molecule has 0 heterocycles. The molecule has 2 N–H and O–H groups in total. The number of rotatable bonds is 60. The minimum absolute atomic E-state index is 0.0368. The third kappa shape index (κ3) is 59.9. The van der Waals surface area contributed by atoms with Crippen LogP contribution in [0.1, 0.15) is 303 Å². The quantitative estimate of drug-likeness (QED) is 0.0205. The molecule has 0 rings (SSSR count).